The number of aromatic nitrogens is 1. The van der Waals surface area contributed by atoms with Crippen molar-refractivity contribution in [1.82, 2.24) is 4.98 Å². The van der Waals surface area contributed by atoms with Gasteiger partial charge in [0.1, 0.15) is 11.1 Å². The van der Waals surface area contributed by atoms with Gasteiger partial charge in [-0.3, -0.25) is 4.79 Å². The van der Waals surface area contributed by atoms with Gasteiger partial charge in [-0.1, -0.05) is 46.6 Å². The van der Waals surface area contributed by atoms with Crippen LogP contribution in [-0.4, -0.2) is 16.6 Å². The molecule has 11 heteroatoms. The van der Waals surface area contributed by atoms with Crippen molar-refractivity contribution in [3.63, 3.8) is 0 Å². The maximum Gasteiger partial charge on any atom is 0.417 e. The molecule has 0 fully saturated rings. The molecule has 1 heterocycles. The van der Waals surface area contributed by atoms with Crippen LogP contribution in [0.3, 0.4) is 0 Å². The van der Waals surface area contributed by atoms with Crippen LogP contribution in [0.5, 0.6) is 0 Å². The molecule has 0 aliphatic rings. The van der Waals surface area contributed by atoms with Gasteiger partial charge in [0, 0.05) is 5.69 Å². The molecule has 0 saturated heterocycles. The molecule has 2 rings (SSSR count). The average Bonchev–Trinajstić information content (AvgIpc) is 2.56. The summed E-state index contributed by atoms with van der Waals surface area (Å²) in [6.07, 6.45) is -4.70. The number of halogens is 6. The van der Waals surface area contributed by atoms with Gasteiger partial charge in [-0.2, -0.15) is 18.4 Å². The summed E-state index contributed by atoms with van der Waals surface area (Å²) in [5.41, 5.74) is -1.44. The molecule has 0 radical (unpaired) electrons. The molecule has 0 saturated carbocycles. The number of rotatable bonds is 4. The highest BCUT2D eigenvalue weighted by atomic mass is 35.5. The smallest absolute Gasteiger partial charge is 0.324 e. The summed E-state index contributed by atoms with van der Waals surface area (Å²) in [7, 11) is 0. The predicted molar refractivity (Wildman–Crippen MR) is 99.5 cm³/mol. The minimum atomic E-state index is -4.70. The molecule has 0 aliphatic heterocycles. The molecule has 27 heavy (non-hydrogen) atoms. The van der Waals surface area contributed by atoms with E-state index in [0.29, 0.717) is 11.8 Å². The molecule has 142 valence electrons. The largest absolute Gasteiger partial charge is 0.417 e. The molecule has 0 atom stereocenters. The van der Waals surface area contributed by atoms with Crippen molar-refractivity contribution in [2.45, 2.75) is 18.1 Å². The van der Waals surface area contributed by atoms with Crippen LogP contribution in [0.25, 0.3) is 0 Å². The van der Waals surface area contributed by atoms with Crippen LogP contribution in [0.1, 0.15) is 16.8 Å². The Bertz CT molecular complexity index is 945. The molecule has 1 amide bonds. The molecule has 2 aromatic rings. The van der Waals surface area contributed by atoms with Gasteiger partial charge in [-0.15, -0.1) is 0 Å². The number of hydrogen-bond acceptors (Lipinski definition) is 4. The van der Waals surface area contributed by atoms with Crippen LogP contribution >= 0.6 is 46.6 Å². The third-order valence-corrected chi connectivity index (χ3v) is 5.17. The third kappa shape index (κ3) is 5.42. The Balaban J connectivity index is 2.20. The molecule has 4 nitrogen and oxygen atoms in total. The minimum absolute atomic E-state index is 0.0803. The van der Waals surface area contributed by atoms with E-state index < -0.39 is 23.2 Å². The first-order valence-electron chi connectivity index (χ1n) is 7.09. The lowest BCUT2D eigenvalue weighted by molar-refractivity contribution is -0.138. The number of pyridine rings is 1. The molecule has 1 aromatic carbocycles. The highest BCUT2D eigenvalue weighted by Gasteiger charge is 2.35. The van der Waals surface area contributed by atoms with Crippen molar-refractivity contribution in [2.24, 2.45) is 0 Å². The fourth-order valence-electron chi connectivity index (χ4n) is 2.02. The number of carbonyl (C=O) groups excluding carboxylic acids is 1. The van der Waals surface area contributed by atoms with Crippen molar-refractivity contribution in [2.75, 3.05) is 11.1 Å². The molecule has 0 aliphatic carbocycles. The van der Waals surface area contributed by atoms with E-state index >= 15 is 0 Å². The van der Waals surface area contributed by atoms with Gasteiger partial charge >= 0.3 is 6.18 Å². The topological polar surface area (TPSA) is 65.8 Å². The van der Waals surface area contributed by atoms with E-state index in [2.05, 4.69) is 10.3 Å². The second kappa shape index (κ2) is 8.57. The monoisotopic (exact) mass is 453 g/mol. The normalized spacial score (nSPS) is 11.2. The minimum Gasteiger partial charge on any atom is -0.324 e. The van der Waals surface area contributed by atoms with Crippen LogP contribution < -0.4 is 5.32 Å². The Labute approximate surface area is 171 Å². The second-order valence-electron chi connectivity index (χ2n) is 5.18. The van der Waals surface area contributed by atoms with Gasteiger partial charge in [0.15, 0.2) is 0 Å². The SMILES string of the molecule is Cc1cc(C(F)(F)F)c(C#N)c(SCC(=O)Nc2cc(Cl)c(Cl)cc2Cl)n1. The van der Waals surface area contributed by atoms with Gasteiger partial charge in [-0.05, 0) is 25.1 Å². The molecular weight excluding hydrogens is 446 g/mol. The van der Waals surface area contributed by atoms with Crippen LogP contribution in [0.15, 0.2) is 23.2 Å². The first-order valence-corrected chi connectivity index (χ1v) is 9.21. The zero-order valence-corrected chi connectivity index (χ0v) is 16.5. The lowest BCUT2D eigenvalue weighted by atomic mass is 10.1. The Morgan fingerprint density at radius 2 is 1.85 bits per heavy atom. The number of nitriles is 1. The fourth-order valence-corrected chi connectivity index (χ4v) is 3.46. The van der Waals surface area contributed by atoms with Gasteiger partial charge < -0.3 is 5.32 Å². The Hall–Kier alpha value is -1.66. The van der Waals surface area contributed by atoms with E-state index in [4.69, 9.17) is 40.1 Å². The van der Waals surface area contributed by atoms with Crippen molar-refractivity contribution in [1.29, 1.82) is 5.26 Å². The average molecular weight is 455 g/mol. The standard InChI is InChI=1S/C16H9Cl3F3N3OS/c1-7-2-9(16(20,21)22)8(5-23)15(24-7)27-6-14(26)25-13-4-11(18)10(17)3-12(13)19/h2-4H,6H2,1H3,(H,25,26). The van der Waals surface area contributed by atoms with Crippen molar-refractivity contribution < 1.29 is 18.0 Å². The number of benzene rings is 1. The zero-order chi connectivity index (χ0) is 20.4. The number of carbonyl (C=O) groups is 1. The molecule has 0 unspecified atom stereocenters. The number of thioether (sulfide) groups is 1. The lowest BCUT2D eigenvalue weighted by Crippen LogP contribution is -2.15. The van der Waals surface area contributed by atoms with E-state index in [1.165, 1.54) is 25.1 Å². The highest BCUT2D eigenvalue weighted by Crippen LogP contribution is 2.36. The van der Waals surface area contributed by atoms with E-state index in [-0.39, 0.29) is 37.2 Å². The molecule has 0 bridgehead atoms. The number of amides is 1. The molecular formula is C16H9Cl3F3N3OS. The predicted octanol–water partition coefficient (Wildman–Crippen LogP) is 5.97. The lowest BCUT2D eigenvalue weighted by Gasteiger charge is -2.13. The Morgan fingerprint density at radius 3 is 2.44 bits per heavy atom. The van der Waals surface area contributed by atoms with Crippen molar-refractivity contribution in [3.8, 4) is 6.07 Å². The second-order valence-corrected chi connectivity index (χ2v) is 7.37. The molecule has 1 aromatic heterocycles. The summed E-state index contributed by atoms with van der Waals surface area (Å²) in [6.45, 7) is 1.37. The van der Waals surface area contributed by atoms with E-state index in [1.807, 2.05) is 0 Å². The maximum atomic E-state index is 13.1. The number of nitrogens with zero attached hydrogens (tertiary/aromatic N) is 2. The van der Waals surface area contributed by atoms with Crippen LogP contribution in [0.4, 0.5) is 18.9 Å². The number of aryl methyl sites for hydroxylation is 1. The first-order chi connectivity index (χ1) is 12.5. The zero-order valence-electron chi connectivity index (χ0n) is 13.4. The van der Waals surface area contributed by atoms with Gasteiger partial charge in [-0.25, -0.2) is 4.98 Å². The summed E-state index contributed by atoms with van der Waals surface area (Å²) >= 11 is 18.3. The number of alkyl halides is 3. The first kappa shape index (κ1) is 21.6. The maximum absolute atomic E-state index is 13.1. The van der Waals surface area contributed by atoms with E-state index in [9.17, 15) is 18.0 Å². The van der Waals surface area contributed by atoms with Crippen LogP contribution in [-0.2, 0) is 11.0 Å². The van der Waals surface area contributed by atoms with Crippen LogP contribution in [0.2, 0.25) is 15.1 Å². The summed E-state index contributed by atoms with van der Waals surface area (Å²) in [4.78, 5) is 16.0. The summed E-state index contributed by atoms with van der Waals surface area (Å²) in [5.74, 6) is -0.861. The number of anilines is 1. The third-order valence-electron chi connectivity index (χ3n) is 3.16. The van der Waals surface area contributed by atoms with Gasteiger partial charge in [0.05, 0.1) is 37.6 Å². The van der Waals surface area contributed by atoms with E-state index in [0.717, 1.165) is 6.07 Å². The summed E-state index contributed by atoms with van der Waals surface area (Å²) in [5, 5.41) is 11.9. The van der Waals surface area contributed by atoms with Gasteiger partial charge in [0.25, 0.3) is 0 Å². The summed E-state index contributed by atoms with van der Waals surface area (Å²) in [6, 6.07) is 4.99. The Kier molecular flexibility index (Phi) is 6.87. The van der Waals surface area contributed by atoms with Crippen LogP contribution in [0, 0.1) is 18.3 Å². The number of nitrogens with one attached hydrogen (secondary N) is 1. The quantitative estimate of drug-likeness (QED) is 0.456. The Morgan fingerprint density at radius 1 is 1.22 bits per heavy atom. The number of hydrogen-bond donors (Lipinski definition) is 1. The van der Waals surface area contributed by atoms with Crippen molar-refractivity contribution in [3.05, 3.63) is 50.1 Å². The van der Waals surface area contributed by atoms with Crippen molar-refractivity contribution >= 4 is 58.2 Å². The summed E-state index contributed by atoms with van der Waals surface area (Å²) < 4.78 is 39.3. The van der Waals surface area contributed by atoms with Gasteiger partial charge in [0.2, 0.25) is 5.91 Å². The van der Waals surface area contributed by atoms with E-state index in [1.54, 1.807) is 0 Å². The highest BCUT2D eigenvalue weighted by molar-refractivity contribution is 8.00. The molecule has 1 N–H and O–H groups in total. The molecule has 0 spiro atoms. The fraction of sp³-hybridized carbons (Fsp3) is 0.188.